The molecule has 5 N–H and O–H groups in total. The predicted molar refractivity (Wildman–Crippen MR) is 122 cm³/mol. The van der Waals surface area contributed by atoms with Crippen molar-refractivity contribution in [1.29, 1.82) is 0 Å². The first-order valence-electron chi connectivity index (χ1n) is 10.5. The SMILES string of the molecule is CO[C@H]1CN(c2ccnc3[nH]cc(-c4ccnc(N)n4)c23)C[C@@H]1C(NC(=O)O)C(C)(C)C. The van der Waals surface area contributed by atoms with Crippen LogP contribution in [0.25, 0.3) is 22.3 Å². The van der Waals surface area contributed by atoms with Crippen LogP contribution in [-0.2, 0) is 4.74 Å². The molecule has 1 amide bonds. The first-order chi connectivity index (χ1) is 15.2. The van der Waals surface area contributed by atoms with Crippen molar-refractivity contribution in [2.45, 2.75) is 32.9 Å². The highest BCUT2D eigenvalue weighted by Crippen LogP contribution is 2.39. The molecule has 0 saturated carbocycles. The number of carboxylic acid groups (broad SMARTS) is 1. The zero-order valence-electron chi connectivity index (χ0n) is 18.7. The van der Waals surface area contributed by atoms with Gasteiger partial charge in [-0.2, -0.15) is 0 Å². The Morgan fingerprint density at radius 3 is 2.72 bits per heavy atom. The summed E-state index contributed by atoms with van der Waals surface area (Å²) in [5.74, 6) is 0.173. The van der Waals surface area contributed by atoms with Crippen LogP contribution in [0.3, 0.4) is 0 Å². The topological polar surface area (TPSA) is 142 Å². The number of hydrogen-bond donors (Lipinski definition) is 4. The van der Waals surface area contributed by atoms with E-state index in [-0.39, 0.29) is 29.4 Å². The molecule has 170 valence electrons. The number of fused-ring (bicyclic) bond motifs is 1. The van der Waals surface area contributed by atoms with Gasteiger partial charge in [0, 0.05) is 56.3 Å². The van der Waals surface area contributed by atoms with Crippen molar-refractivity contribution in [2.24, 2.45) is 11.3 Å². The fourth-order valence-corrected chi connectivity index (χ4v) is 4.69. The Bertz CT molecular complexity index is 1120. The Kier molecular flexibility index (Phi) is 5.64. The number of methoxy groups -OCH3 is 1. The van der Waals surface area contributed by atoms with E-state index in [1.165, 1.54) is 0 Å². The van der Waals surface area contributed by atoms with Crippen molar-refractivity contribution in [1.82, 2.24) is 25.3 Å². The molecule has 0 aliphatic carbocycles. The van der Waals surface area contributed by atoms with E-state index in [0.717, 1.165) is 22.3 Å². The zero-order chi connectivity index (χ0) is 23.0. The second-order valence-electron chi connectivity index (χ2n) is 9.19. The predicted octanol–water partition coefficient (Wildman–Crippen LogP) is 2.74. The van der Waals surface area contributed by atoms with Gasteiger partial charge in [-0.3, -0.25) is 0 Å². The molecule has 1 aliphatic heterocycles. The third-order valence-electron chi connectivity index (χ3n) is 6.09. The molecule has 4 heterocycles. The lowest BCUT2D eigenvalue weighted by molar-refractivity contribution is 0.0453. The van der Waals surface area contributed by atoms with Crippen LogP contribution in [0.1, 0.15) is 20.8 Å². The molecule has 0 bridgehead atoms. The second kappa shape index (κ2) is 8.27. The minimum Gasteiger partial charge on any atom is -0.465 e. The fourth-order valence-electron chi connectivity index (χ4n) is 4.69. The molecule has 3 atom stereocenters. The van der Waals surface area contributed by atoms with Crippen molar-refractivity contribution in [3.05, 3.63) is 30.7 Å². The molecular formula is C22H29N7O3. The highest BCUT2D eigenvalue weighted by atomic mass is 16.5. The third-order valence-corrected chi connectivity index (χ3v) is 6.09. The molecule has 3 aromatic rings. The largest absolute Gasteiger partial charge is 0.465 e. The molecule has 1 fully saturated rings. The van der Waals surface area contributed by atoms with Gasteiger partial charge in [0.2, 0.25) is 5.95 Å². The number of nitrogen functional groups attached to an aromatic ring is 1. The van der Waals surface area contributed by atoms with E-state index < -0.39 is 6.09 Å². The summed E-state index contributed by atoms with van der Waals surface area (Å²) >= 11 is 0. The molecule has 1 saturated heterocycles. The van der Waals surface area contributed by atoms with Crippen LogP contribution in [0.5, 0.6) is 0 Å². The summed E-state index contributed by atoms with van der Waals surface area (Å²) in [5, 5.41) is 13.1. The maximum absolute atomic E-state index is 11.5. The number of nitrogens with two attached hydrogens (primary N) is 1. The summed E-state index contributed by atoms with van der Waals surface area (Å²) in [6.07, 6.45) is 4.10. The molecular weight excluding hydrogens is 410 g/mol. The molecule has 10 heteroatoms. The Hall–Kier alpha value is -3.40. The molecule has 10 nitrogen and oxygen atoms in total. The van der Waals surface area contributed by atoms with Crippen LogP contribution in [0, 0.1) is 11.3 Å². The first kappa shape index (κ1) is 21.8. The lowest BCUT2D eigenvalue weighted by atomic mass is 9.77. The summed E-state index contributed by atoms with van der Waals surface area (Å²) in [4.78, 5) is 29.8. The molecule has 1 unspecified atom stereocenters. The van der Waals surface area contributed by atoms with E-state index in [1.807, 2.05) is 39.1 Å². The van der Waals surface area contributed by atoms with Crippen molar-refractivity contribution in [3.63, 3.8) is 0 Å². The number of pyridine rings is 1. The van der Waals surface area contributed by atoms with Gasteiger partial charge >= 0.3 is 6.09 Å². The van der Waals surface area contributed by atoms with Gasteiger partial charge in [0.05, 0.1) is 22.9 Å². The van der Waals surface area contributed by atoms with Crippen molar-refractivity contribution < 1.29 is 14.6 Å². The zero-order valence-corrected chi connectivity index (χ0v) is 18.7. The van der Waals surface area contributed by atoms with Gasteiger partial charge in [0.25, 0.3) is 0 Å². The minimum absolute atomic E-state index is 0.0311. The van der Waals surface area contributed by atoms with E-state index >= 15 is 0 Å². The average Bonchev–Trinajstić information content (AvgIpc) is 3.35. The van der Waals surface area contributed by atoms with Crippen molar-refractivity contribution in [3.8, 4) is 11.3 Å². The number of anilines is 2. The van der Waals surface area contributed by atoms with E-state index in [9.17, 15) is 9.90 Å². The number of amides is 1. The molecule has 4 rings (SSSR count). The van der Waals surface area contributed by atoms with E-state index in [0.29, 0.717) is 18.8 Å². The quantitative estimate of drug-likeness (QED) is 0.475. The van der Waals surface area contributed by atoms with Gasteiger partial charge in [0.1, 0.15) is 5.65 Å². The number of nitrogens with one attached hydrogen (secondary N) is 2. The van der Waals surface area contributed by atoms with E-state index in [2.05, 4.69) is 30.2 Å². The Morgan fingerprint density at radius 2 is 2.06 bits per heavy atom. The van der Waals surface area contributed by atoms with Crippen LogP contribution in [0.15, 0.2) is 30.7 Å². The number of ether oxygens (including phenoxy) is 1. The lowest BCUT2D eigenvalue weighted by Gasteiger charge is -2.37. The number of H-pyrrole nitrogens is 1. The standard InChI is InChI=1S/C22H29N7O3/c1-22(2,3)18(28-21(30)31)13-10-29(11-16(13)32-4)15-6-8-24-19-17(15)12(9-26-19)14-5-7-25-20(23)27-14/h5-9,13,16,18,28H,10-11H2,1-4H3,(H,24,26)(H,30,31)(H2,23,25,27)/t13-,16-,18?/m0/s1. The van der Waals surface area contributed by atoms with E-state index in [4.69, 9.17) is 10.5 Å². The molecule has 0 spiro atoms. The maximum atomic E-state index is 11.5. The van der Waals surface area contributed by atoms with Crippen LogP contribution in [-0.4, -0.2) is 63.5 Å². The molecule has 0 aromatic carbocycles. The Morgan fingerprint density at radius 1 is 1.31 bits per heavy atom. The van der Waals surface area contributed by atoms with Crippen LogP contribution < -0.4 is 16.0 Å². The maximum Gasteiger partial charge on any atom is 0.404 e. The van der Waals surface area contributed by atoms with Gasteiger partial charge in [-0.15, -0.1) is 0 Å². The number of carbonyl (C=O) groups is 1. The van der Waals surface area contributed by atoms with Gasteiger partial charge in [-0.1, -0.05) is 20.8 Å². The number of nitrogens with zero attached hydrogens (tertiary/aromatic N) is 4. The molecule has 1 aliphatic rings. The number of hydrogen-bond acceptors (Lipinski definition) is 7. The summed E-state index contributed by atoms with van der Waals surface area (Å²) < 4.78 is 5.82. The van der Waals surface area contributed by atoms with Crippen LogP contribution in [0.4, 0.5) is 16.4 Å². The van der Waals surface area contributed by atoms with Crippen LogP contribution in [0.2, 0.25) is 0 Å². The Labute approximate surface area is 186 Å². The normalized spacial score (nSPS) is 19.9. The first-order valence-corrected chi connectivity index (χ1v) is 10.5. The van der Waals surface area contributed by atoms with Gasteiger partial charge in [-0.25, -0.2) is 19.7 Å². The van der Waals surface area contributed by atoms with Crippen LogP contribution >= 0.6 is 0 Å². The minimum atomic E-state index is -1.03. The van der Waals surface area contributed by atoms with E-state index in [1.54, 1.807) is 19.5 Å². The molecule has 32 heavy (non-hydrogen) atoms. The molecule has 3 aromatic heterocycles. The summed E-state index contributed by atoms with van der Waals surface area (Å²) in [5.41, 5.74) is 8.84. The average molecular weight is 440 g/mol. The smallest absolute Gasteiger partial charge is 0.404 e. The number of aromatic nitrogens is 4. The fraction of sp³-hybridized carbons (Fsp3) is 0.455. The summed E-state index contributed by atoms with van der Waals surface area (Å²) in [6, 6.07) is 3.50. The summed E-state index contributed by atoms with van der Waals surface area (Å²) in [7, 11) is 1.68. The Balaban J connectivity index is 1.75. The number of aromatic amines is 1. The van der Waals surface area contributed by atoms with Crippen molar-refractivity contribution in [2.75, 3.05) is 30.8 Å². The number of rotatable bonds is 5. The third kappa shape index (κ3) is 4.05. The second-order valence-corrected chi connectivity index (χ2v) is 9.19. The molecule has 0 radical (unpaired) electrons. The van der Waals surface area contributed by atoms with Gasteiger partial charge < -0.3 is 30.8 Å². The monoisotopic (exact) mass is 439 g/mol. The lowest BCUT2D eigenvalue weighted by Crippen LogP contribution is -2.51. The van der Waals surface area contributed by atoms with Crippen molar-refractivity contribution >= 4 is 28.8 Å². The summed E-state index contributed by atoms with van der Waals surface area (Å²) in [6.45, 7) is 7.38. The van der Waals surface area contributed by atoms with Gasteiger partial charge in [0.15, 0.2) is 0 Å². The highest BCUT2D eigenvalue weighted by molar-refractivity contribution is 6.02. The van der Waals surface area contributed by atoms with Gasteiger partial charge in [-0.05, 0) is 17.5 Å². The highest BCUT2D eigenvalue weighted by Gasteiger charge is 2.44.